The number of likely N-dealkylation sites (tertiary alicyclic amines) is 1. The number of benzene rings is 1. The minimum atomic E-state index is 0.0189. The Morgan fingerprint density at radius 1 is 1.17 bits per heavy atom. The molecule has 0 spiro atoms. The molecule has 3 heterocycles. The van der Waals surface area contributed by atoms with E-state index in [4.69, 9.17) is 0 Å². The van der Waals surface area contributed by atoms with Crippen LogP contribution < -0.4 is 0 Å². The first-order valence-electron chi connectivity index (χ1n) is 10.1. The third kappa shape index (κ3) is 4.54. The second-order valence-electron chi connectivity index (χ2n) is 7.77. The van der Waals surface area contributed by atoms with Crippen molar-refractivity contribution in [2.75, 3.05) is 20.1 Å². The highest BCUT2D eigenvalue weighted by Gasteiger charge is 2.26. The molecule has 4 rings (SSSR count). The van der Waals surface area contributed by atoms with Crippen LogP contribution in [0.25, 0.3) is 5.82 Å². The summed E-state index contributed by atoms with van der Waals surface area (Å²) in [6.45, 7) is 4.99. The standard InChI is InChI=1S/C23H27N5O/c1-18-8-11-24-22(14-18)28-17-20(15-25-28)23(29)26(2)21-9-12-27(13-10-21)16-19-6-4-3-5-7-19/h3-8,11,14-15,17,21H,9-10,12-13,16H2,1-2H3. The number of carbonyl (C=O) groups excluding carboxylic acids is 1. The van der Waals surface area contributed by atoms with Crippen LogP contribution in [-0.2, 0) is 6.54 Å². The molecule has 3 aromatic rings. The Balaban J connectivity index is 1.35. The maximum Gasteiger partial charge on any atom is 0.257 e. The van der Waals surface area contributed by atoms with Gasteiger partial charge in [0.05, 0.1) is 11.8 Å². The molecule has 1 saturated heterocycles. The highest BCUT2D eigenvalue weighted by molar-refractivity contribution is 5.93. The van der Waals surface area contributed by atoms with Gasteiger partial charge in [-0.2, -0.15) is 5.10 Å². The van der Waals surface area contributed by atoms with Crippen molar-refractivity contribution in [3.63, 3.8) is 0 Å². The molecule has 0 saturated carbocycles. The quantitative estimate of drug-likeness (QED) is 0.672. The van der Waals surface area contributed by atoms with Crippen LogP contribution in [0.5, 0.6) is 0 Å². The van der Waals surface area contributed by atoms with Gasteiger partial charge >= 0.3 is 0 Å². The average molecular weight is 390 g/mol. The number of rotatable bonds is 5. The fourth-order valence-electron chi connectivity index (χ4n) is 3.88. The van der Waals surface area contributed by atoms with E-state index in [1.54, 1.807) is 23.3 Å². The number of hydrogen-bond acceptors (Lipinski definition) is 4. The van der Waals surface area contributed by atoms with Crippen LogP contribution >= 0.6 is 0 Å². The normalized spacial score (nSPS) is 15.4. The summed E-state index contributed by atoms with van der Waals surface area (Å²) in [6, 6.07) is 14.7. The van der Waals surface area contributed by atoms with E-state index in [9.17, 15) is 4.79 Å². The van der Waals surface area contributed by atoms with Crippen molar-refractivity contribution in [1.29, 1.82) is 0 Å². The Hall–Kier alpha value is -2.99. The molecule has 1 aliphatic heterocycles. The molecular weight excluding hydrogens is 362 g/mol. The third-order valence-corrected chi connectivity index (χ3v) is 5.64. The van der Waals surface area contributed by atoms with Crippen molar-refractivity contribution in [2.45, 2.75) is 32.4 Å². The Bertz CT molecular complexity index is 960. The molecule has 0 aliphatic carbocycles. The van der Waals surface area contributed by atoms with Crippen molar-refractivity contribution in [3.05, 3.63) is 77.7 Å². The highest BCUT2D eigenvalue weighted by atomic mass is 16.2. The largest absolute Gasteiger partial charge is 0.339 e. The molecule has 6 heteroatoms. The van der Waals surface area contributed by atoms with Crippen LogP contribution in [0.1, 0.15) is 34.3 Å². The van der Waals surface area contributed by atoms with E-state index in [0.29, 0.717) is 5.56 Å². The molecule has 29 heavy (non-hydrogen) atoms. The first kappa shape index (κ1) is 19.3. The Morgan fingerprint density at radius 3 is 2.66 bits per heavy atom. The molecule has 2 aromatic heterocycles. The van der Waals surface area contributed by atoms with Crippen LogP contribution in [0.4, 0.5) is 0 Å². The van der Waals surface area contributed by atoms with Crippen molar-refractivity contribution >= 4 is 5.91 Å². The van der Waals surface area contributed by atoms with E-state index < -0.39 is 0 Å². The van der Waals surface area contributed by atoms with Gasteiger partial charge < -0.3 is 4.90 Å². The van der Waals surface area contributed by atoms with Crippen molar-refractivity contribution in [1.82, 2.24) is 24.6 Å². The molecule has 0 unspecified atom stereocenters. The lowest BCUT2D eigenvalue weighted by atomic mass is 10.0. The zero-order valence-electron chi connectivity index (χ0n) is 17.0. The molecule has 1 fully saturated rings. The Morgan fingerprint density at radius 2 is 1.93 bits per heavy atom. The number of pyridine rings is 1. The summed E-state index contributed by atoms with van der Waals surface area (Å²) in [6.07, 6.45) is 7.13. The number of hydrogen-bond donors (Lipinski definition) is 0. The maximum absolute atomic E-state index is 13.0. The molecular formula is C23H27N5O. The van der Waals surface area contributed by atoms with Crippen LogP contribution in [0, 0.1) is 6.92 Å². The second kappa shape index (κ2) is 8.57. The summed E-state index contributed by atoms with van der Waals surface area (Å²) >= 11 is 0. The molecule has 150 valence electrons. The number of amides is 1. The second-order valence-corrected chi connectivity index (χ2v) is 7.77. The van der Waals surface area contributed by atoms with Gasteiger partial charge in [-0.25, -0.2) is 9.67 Å². The van der Waals surface area contributed by atoms with Gasteiger partial charge in [-0.1, -0.05) is 30.3 Å². The number of piperidine rings is 1. The smallest absolute Gasteiger partial charge is 0.257 e. The minimum absolute atomic E-state index is 0.0189. The average Bonchev–Trinajstić information content (AvgIpc) is 3.24. The number of aromatic nitrogens is 3. The SMILES string of the molecule is Cc1ccnc(-n2cc(C(=O)N(C)C3CCN(Cc4ccccc4)CC3)cn2)c1. The minimum Gasteiger partial charge on any atom is -0.339 e. The van der Waals surface area contributed by atoms with E-state index in [-0.39, 0.29) is 11.9 Å². The fourth-order valence-corrected chi connectivity index (χ4v) is 3.88. The number of nitrogens with zero attached hydrogens (tertiary/aromatic N) is 5. The lowest BCUT2D eigenvalue weighted by Gasteiger charge is -2.36. The van der Waals surface area contributed by atoms with Gasteiger partial charge in [-0.3, -0.25) is 9.69 Å². The summed E-state index contributed by atoms with van der Waals surface area (Å²) < 4.78 is 1.66. The fraction of sp³-hybridized carbons (Fsp3) is 0.348. The van der Waals surface area contributed by atoms with E-state index in [0.717, 1.165) is 43.9 Å². The van der Waals surface area contributed by atoms with Gasteiger partial charge in [-0.05, 0) is 43.0 Å². The van der Waals surface area contributed by atoms with Gasteiger partial charge in [0.15, 0.2) is 5.82 Å². The van der Waals surface area contributed by atoms with Gasteiger partial charge in [-0.15, -0.1) is 0 Å². The van der Waals surface area contributed by atoms with Crippen LogP contribution in [0.3, 0.4) is 0 Å². The van der Waals surface area contributed by atoms with Crippen LogP contribution in [-0.4, -0.2) is 56.7 Å². The first-order valence-corrected chi connectivity index (χ1v) is 10.1. The first-order chi connectivity index (χ1) is 14.1. The van der Waals surface area contributed by atoms with Crippen molar-refractivity contribution < 1.29 is 4.79 Å². The molecule has 1 aromatic carbocycles. The predicted octanol–water partition coefficient (Wildman–Crippen LogP) is 3.31. The van der Waals surface area contributed by atoms with Gasteiger partial charge in [0.25, 0.3) is 5.91 Å². The molecule has 0 N–H and O–H groups in total. The number of carbonyl (C=O) groups is 1. The van der Waals surface area contributed by atoms with E-state index >= 15 is 0 Å². The monoisotopic (exact) mass is 389 g/mol. The molecule has 0 radical (unpaired) electrons. The Labute approximate surface area is 171 Å². The Kier molecular flexibility index (Phi) is 5.71. The van der Waals surface area contributed by atoms with E-state index in [2.05, 4.69) is 39.2 Å². The zero-order valence-corrected chi connectivity index (χ0v) is 17.0. The van der Waals surface area contributed by atoms with Gasteiger partial charge in [0, 0.05) is 45.1 Å². The maximum atomic E-state index is 13.0. The highest BCUT2D eigenvalue weighted by Crippen LogP contribution is 2.19. The van der Waals surface area contributed by atoms with E-state index in [1.165, 1.54) is 5.56 Å². The zero-order chi connectivity index (χ0) is 20.2. The van der Waals surface area contributed by atoms with Gasteiger partial charge in [0.2, 0.25) is 0 Å². The molecule has 6 nitrogen and oxygen atoms in total. The predicted molar refractivity (Wildman–Crippen MR) is 113 cm³/mol. The molecule has 0 bridgehead atoms. The lowest BCUT2D eigenvalue weighted by molar-refractivity contribution is 0.0636. The topological polar surface area (TPSA) is 54.3 Å². The van der Waals surface area contributed by atoms with E-state index in [1.807, 2.05) is 37.1 Å². The van der Waals surface area contributed by atoms with Crippen LogP contribution in [0.15, 0.2) is 61.1 Å². The van der Waals surface area contributed by atoms with Crippen molar-refractivity contribution in [2.24, 2.45) is 0 Å². The summed E-state index contributed by atoms with van der Waals surface area (Å²) in [5.74, 6) is 0.742. The van der Waals surface area contributed by atoms with Crippen molar-refractivity contribution in [3.8, 4) is 5.82 Å². The third-order valence-electron chi connectivity index (χ3n) is 5.64. The number of aryl methyl sites for hydroxylation is 1. The van der Waals surface area contributed by atoms with Gasteiger partial charge in [0.1, 0.15) is 0 Å². The lowest BCUT2D eigenvalue weighted by Crippen LogP contribution is -2.45. The molecule has 1 amide bonds. The summed E-state index contributed by atoms with van der Waals surface area (Å²) in [7, 11) is 1.90. The summed E-state index contributed by atoms with van der Waals surface area (Å²) in [4.78, 5) is 21.6. The van der Waals surface area contributed by atoms with Crippen LogP contribution in [0.2, 0.25) is 0 Å². The summed E-state index contributed by atoms with van der Waals surface area (Å²) in [5.41, 5.74) is 3.05. The molecule has 0 atom stereocenters. The molecule has 1 aliphatic rings. The summed E-state index contributed by atoms with van der Waals surface area (Å²) in [5, 5.41) is 4.33.